The first kappa shape index (κ1) is 22.4. The zero-order valence-electron chi connectivity index (χ0n) is 15.3. The van der Waals surface area contributed by atoms with Gasteiger partial charge in [0.2, 0.25) is 0 Å². The molecule has 3 N–H and O–H groups in total. The van der Waals surface area contributed by atoms with E-state index in [1.165, 1.54) is 4.90 Å². The Morgan fingerprint density at radius 2 is 1.62 bits per heavy atom. The molecular formula is C15H30N2O7. The van der Waals surface area contributed by atoms with Crippen LogP contribution in [0.3, 0.4) is 0 Å². The maximum atomic E-state index is 12.1. The van der Waals surface area contributed by atoms with E-state index in [9.17, 15) is 14.7 Å². The number of carbonyl (C=O) groups is 2. The topological polar surface area (TPSA) is 118 Å². The number of hydrogen-bond acceptors (Lipinski definition) is 7. The molecule has 0 aliphatic rings. The zero-order chi connectivity index (χ0) is 19.0. The molecule has 0 rings (SSSR count). The molecule has 0 aliphatic heterocycles. The van der Waals surface area contributed by atoms with Crippen LogP contribution in [0.5, 0.6) is 0 Å². The summed E-state index contributed by atoms with van der Waals surface area (Å²) in [5, 5.41) is 20.6. The molecule has 0 aromatic carbocycles. The largest absolute Gasteiger partial charge is 0.444 e. The molecule has 0 fully saturated rings. The molecular weight excluding hydrogens is 320 g/mol. The van der Waals surface area contributed by atoms with Crippen molar-refractivity contribution in [2.45, 2.75) is 58.8 Å². The molecule has 0 bridgehead atoms. The monoisotopic (exact) mass is 350 g/mol. The quantitative estimate of drug-likeness (QED) is 0.471. The summed E-state index contributed by atoms with van der Waals surface area (Å²) in [6.45, 7) is 10.1. The molecule has 24 heavy (non-hydrogen) atoms. The fourth-order valence-corrected chi connectivity index (χ4v) is 1.58. The number of aliphatic hydroxyl groups excluding tert-OH is 1. The minimum absolute atomic E-state index is 0.0939. The van der Waals surface area contributed by atoms with E-state index in [1.54, 1.807) is 41.5 Å². The van der Waals surface area contributed by atoms with Gasteiger partial charge in [-0.25, -0.2) is 14.5 Å². The average molecular weight is 350 g/mol. The van der Waals surface area contributed by atoms with Gasteiger partial charge in [0.1, 0.15) is 17.8 Å². The lowest BCUT2D eigenvalue weighted by Crippen LogP contribution is -2.46. The summed E-state index contributed by atoms with van der Waals surface area (Å²) in [6.07, 6.45) is -2.35. The molecule has 0 radical (unpaired) electrons. The average Bonchev–Trinajstić information content (AvgIpc) is 2.33. The van der Waals surface area contributed by atoms with Crippen LogP contribution in [0, 0.1) is 0 Å². The molecule has 0 spiro atoms. The summed E-state index contributed by atoms with van der Waals surface area (Å²) in [7, 11) is 0. The molecule has 0 saturated carbocycles. The number of rotatable bonds is 7. The normalized spacial score (nSPS) is 13.2. The van der Waals surface area contributed by atoms with Gasteiger partial charge in [-0.1, -0.05) is 0 Å². The van der Waals surface area contributed by atoms with E-state index < -0.39 is 29.5 Å². The Morgan fingerprint density at radius 1 is 1.08 bits per heavy atom. The Bertz CT molecular complexity index is 402. The van der Waals surface area contributed by atoms with E-state index >= 15 is 0 Å². The summed E-state index contributed by atoms with van der Waals surface area (Å²) in [5.41, 5.74) is -1.32. The molecule has 9 heteroatoms. The number of hydrogen-bond donors (Lipinski definition) is 3. The Hall–Kier alpha value is -1.58. The second kappa shape index (κ2) is 9.65. The number of carbonyl (C=O) groups excluding carboxylic acids is 2. The molecule has 0 aromatic rings. The second-order valence-corrected chi connectivity index (χ2v) is 7.30. The third-order valence-corrected chi connectivity index (χ3v) is 2.40. The highest BCUT2D eigenvalue weighted by Gasteiger charge is 2.24. The van der Waals surface area contributed by atoms with Crippen molar-refractivity contribution in [1.29, 1.82) is 0 Å². The number of amides is 2. The molecule has 2 amide bonds. The van der Waals surface area contributed by atoms with Crippen LogP contribution in [0.25, 0.3) is 0 Å². The van der Waals surface area contributed by atoms with Crippen LogP contribution in [-0.2, 0) is 14.4 Å². The van der Waals surface area contributed by atoms with Crippen molar-refractivity contribution in [3.8, 4) is 0 Å². The lowest BCUT2D eigenvalue weighted by Gasteiger charge is -2.29. The second-order valence-electron chi connectivity index (χ2n) is 7.30. The summed E-state index contributed by atoms with van der Waals surface area (Å²) in [4.78, 5) is 28.8. The Balaban J connectivity index is 4.59. The summed E-state index contributed by atoms with van der Waals surface area (Å²) in [6, 6.07) is 0. The predicted molar refractivity (Wildman–Crippen MR) is 86.6 cm³/mol. The van der Waals surface area contributed by atoms with E-state index in [2.05, 4.69) is 10.2 Å². The number of ether oxygens (including phenoxy) is 2. The van der Waals surface area contributed by atoms with Gasteiger partial charge in [0.05, 0.1) is 12.6 Å². The van der Waals surface area contributed by atoms with E-state index in [0.29, 0.717) is 0 Å². The van der Waals surface area contributed by atoms with Crippen LogP contribution in [-0.4, -0.2) is 71.0 Å². The highest BCUT2D eigenvalue weighted by molar-refractivity contribution is 5.69. The van der Waals surface area contributed by atoms with Crippen molar-refractivity contribution in [2.75, 3.05) is 26.2 Å². The van der Waals surface area contributed by atoms with Crippen LogP contribution in [0.4, 0.5) is 9.59 Å². The highest BCUT2D eigenvalue weighted by Crippen LogP contribution is 2.10. The standard InChI is InChI=1S/C15H30N2O7/c1-14(2,3)23-12(19)16-7-8-17(9-11(18)10-22-21)13(20)24-15(4,5)6/h11,18,21H,7-10H2,1-6H3,(H,16,19). The summed E-state index contributed by atoms with van der Waals surface area (Å²) in [5.74, 6) is 0. The zero-order valence-corrected chi connectivity index (χ0v) is 15.3. The van der Waals surface area contributed by atoms with Gasteiger partial charge < -0.3 is 24.8 Å². The number of nitrogens with one attached hydrogen (secondary N) is 1. The van der Waals surface area contributed by atoms with Crippen molar-refractivity contribution < 1.29 is 34.3 Å². The van der Waals surface area contributed by atoms with Gasteiger partial charge in [-0.15, -0.1) is 0 Å². The minimum atomic E-state index is -1.09. The van der Waals surface area contributed by atoms with Gasteiger partial charge in [0, 0.05) is 13.1 Å². The number of aliphatic hydroxyl groups is 1. The van der Waals surface area contributed by atoms with Crippen LogP contribution in [0.2, 0.25) is 0 Å². The Morgan fingerprint density at radius 3 is 2.08 bits per heavy atom. The first-order valence-electron chi connectivity index (χ1n) is 7.73. The lowest BCUT2D eigenvalue weighted by atomic mass is 10.2. The minimum Gasteiger partial charge on any atom is -0.444 e. The number of nitrogens with zero attached hydrogens (tertiary/aromatic N) is 1. The SMILES string of the molecule is CC(C)(C)OC(=O)NCCN(CC(O)COO)C(=O)OC(C)(C)C. The van der Waals surface area contributed by atoms with Crippen molar-refractivity contribution in [1.82, 2.24) is 10.2 Å². The third-order valence-electron chi connectivity index (χ3n) is 2.40. The van der Waals surface area contributed by atoms with E-state index in [0.717, 1.165) is 0 Å². The van der Waals surface area contributed by atoms with Gasteiger partial charge in [-0.3, -0.25) is 5.26 Å². The van der Waals surface area contributed by atoms with Gasteiger partial charge in [0.15, 0.2) is 0 Å². The molecule has 9 nitrogen and oxygen atoms in total. The first-order chi connectivity index (χ1) is 10.8. The summed E-state index contributed by atoms with van der Waals surface area (Å²) < 4.78 is 10.3. The molecule has 1 atom stereocenters. The highest BCUT2D eigenvalue weighted by atomic mass is 17.1. The van der Waals surface area contributed by atoms with Crippen molar-refractivity contribution in [3.63, 3.8) is 0 Å². The maximum Gasteiger partial charge on any atom is 0.410 e. The van der Waals surface area contributed by atoms with Crippen molar-refractivity contribution in [2.24, 2.45) is 0 Å². The molecule has 0 aromatic heterocycles. The Kier molecular flexibility index (Phi) is 9.02. The van der Waals surface area contributed by atoms with Crippen molar-refractivity contribution in [3.05, 3.63) is 0 Å². The fraction of sp³-hybridized carbons (Fsp3) is 0.867. The maximum absolute atomic E-state index is 12.1. The van der Waals surface area contributed by atoms with Gasteiger partial charge in [-0.2, -0.15) is 0 Å². The first-order valence-corrected chi connectivity index (χ1v) is 7.73. The molecule has 0 heterocycles. The Labute approximate surface area is 142 Å². The number of alkyl carbamates (subject to hydrolysis) is 1. The fourth-order valence-electron chi connectivity index (χ4n) is 1.58. The predicted octanol–water partition coefficient (Wildman–Crippen LogP) is 1.60. The van der Waals surface area contributed by atoms with Crippen LogP contribution < -0.4 is 5.32 Å². The van der Waals surface area contributed by atoms with Crippen LogP contribution in [0.1, 0.15) is 41.5 Å². The van der Waals surface area contributed by atoms with E-state index in [1.807, 2.05) is 0 Å². The lowest BCUT2D eigenvalue weighted by molar-refractivity contribution is -0.257. The third kappa shape index (κ3) is 11.9. The molecule has 142 valence electrons. The van der Waals surface area contributed by atoms with Gasteiger partial charge >= 0.3 is 12.2 Å². The molecule has 0 saturated heterocycles. The van der Waals surface area contributed by atoms with Crippen molar-refractivity contribution >= 4 is 12.2 Å². The van der Waals surface area contributed by atoms with Crippen LogP contribution >= 0.6 is 0 Å². The molecule has 1 unspecified atom stereocenters. The van der Waals surface area contributed by atoms with E-state index in [4.69, 9.17) is 14.7 Å². The van der Waals surface area contributed by atoms with E-state index in [-0.39, 0.29) is 26.2 Å². The van der Waals surface area contributed by atoms with Crippen LogP contribution in [0.15, 0.2) is 0 Å². The van der Waals surface area contributed by atoms with Gasteiger partial charge in [0.25, 0.3) is 0 Å². The van der Waals surface area contributed by atoms with Gasteiger partial charge in [-0.05, 0) is 41.5 Å². The summed E-state index contributed by atoms with van der Waals surface area (Å²) >= 11 is 0. The smallest absolute Gasteiger partial charge is 0.410 e. The molecule has 0 aliphatic carbocycles.